The molecule has 2 aliphatic rings. The van der Waals surface area contributed by atoms with E-state index in [2.05, 4.69) is 48.2 Å². The lowest BCUT2D eigenvalue weighted by Gasteiger charge is -2.20. The van der Waals surface area contributed by atoms with Crippen molar-refractivity contribution in [2.45, 2.75) is 59.2 Å². The van der Waals surface area contributed by atoms with Crippen LogP contribution in [0.25, 0.3) is 0 Å². The highest BCUT2D eigenvalue weighted by atomic mass is 32.1. The second kappa shape index (κ2) is 7.18. The minimum Gasteiger partial charge on any atom is -0.357 e. The summed E-state index contributed by atoms with van der Waals surface area (Å²) in [6.45, 7) is 12.5. The van der Waals surface area contributed by atoms with E-state index in [9.17, 15) is 0 Å². The van der Waals surface area contributed by atoms with Crippen LogP contribution in [0.15, 0.2) is 4.99 Å². The first-order valence-corrected chi connectivity index (χ1v) is 9.60. The zero-order valence-corrected chi connectivity index (χ0v) is 15.5. The van der Waals surface area contributed by atoms with E-state index in [0.717, 1.165) is 35.8 Å². The summed E-state index contributed by atoms with van der Waals surface area (Å²) in [7, 11) is 0. The van der Waals surface area contributed by atoms with Gasteiger partial charge in [0.2, 0.25) is 0 Å². The average Bonchev–Trinajstić information content (AvgIpc) is 3.23. The van der Waals surface area contributed by atoms with Gasteiger partial charge in [0.05, 0.1) is 12.2 Å². The monoisotopic (exact) mass is 335 g/mol. The molecule has 6 heteroatoms. The molecule has 5 nitrogen and oxygen atoms in total. The molecule has 0 spiro atoms. The minimum atomic E-state index is 0.494. The van der Waals surface area contributed by atoms with E-state index in [0.29, 0.717) is 18.5 Å². The van der Waals surface area contributed by atoms with Crippen LogP contribution in [0.4, 0.5) is 0 Å². The highest BCUT2D eigenvalue weighted by Gasteiger charge is 2.38. The number of thiazole rings is 1. The van der Waals surface area contributed by atoms with Crippen LogP contribution in [0.3, 0.4) is 0 Å². The summed E-state index contributed by atoms with van der Waals surface area (Å²) in [5.41, 5.74) is 1.13. The zero-order valence-electron chi connectivity index (χ0n) is 14.7. The summed E-state index contributed by atoms with van der Waals surface area (Å²) >= 11 is 1.75. The molecule has 1 aromatic heterocycles. The Morgan fingerprint density at radius 2 is 2.13 bits per heavy atom. The number of nitrogens with one attached hydrogen (secondary N) is 2. The van der Waals surface area contributed by atoms with Gasteiger partial charge in [-0.15, -0.1) is 11.3 Å². The van der Waals surface area contributed by atoms with E-state index in [1.165, 1.54) is 24.3 Å². The molecule has 128 valence electrons. The van der Waals surface area contributed by atoms with Crippen molar-refractivity contribution in [1.82, 2.24) is 20.5 Å². The van der Waals surface area contributed by atoms with Crippen LogP contribution in [-0.4, -0.2) is 47.6 Å². The molecule has 1 aliphatic carbocycles. The molecule has 2 fully saturated rings. The Hall–Kier alpha value is -1.14. The predicted molar refractivity (Wildman–Crippen MR) is 97.1 cm³/mol. The van der Waals surface area contributed by atoms with E-state index >= 15 is 0 Å². The van der Waals surface area contributed by atoms with Crippen molar-refractivity contribution in [3.05, 3.63) is 15.6 Å². The Kier molecular flexibility index (Phi) is 5.21. The third-order valence-corrected chi connectivity index (χ3v) is 5.87. The number of likely N-dealkylation sites (tertiary alicyclic amines) is 1. The summed E-state index contributed by atoms with van der Waals surface area (Å²) in [4.78, 5) is 13.3. The van der Waals surface area contributed by atoms with E-state index in [4.69, 9.17) is 4.99 Å². The smallest absolute Gasteiger partial charge is 0.191 e. The van der Waals surface area contributed by atoms with Gasteiger partial charge in [0, 0.05) is 36.6 Å². The quantitative estimate of drug-likeness (QED) is 0.640. The van der Waals surface area contributed by atoms with Crippen LogP contribution in [-0.2, 0) is 6.54 Å². The van der Waals surface area contributed by atoms with Crippen molar-refractivity contribution in [3.8, 4) is 0 Å². The van der Waals surface area contributed by atoms with E-state index in [-0.39, 0.29) is 0 Å². The van der Waals surface area contributed by atoms with Crippen molar-refractivity contribution >= 4 is 17.3 Å². The average molecular weight is 336 g/mol. The van der Waals surface area contributed by atoms with Crippen molar-refractivity contribution in [2.75, 3.05) is 19.6 Å². The fraction of sp³-hybridized carbons (Fsp3) is 0.765. The van der Waals surface area contributed by atoms with Crippen LogP contribution in [0, 0.1) is 19.8 Å². The summed E-state index contributed by atoms with van der Waals surface area (Å²) in [5.74, 6) is 1.59. The largest absolute Gasteiger partial charge is 0.357 e. The number of guanidine groups is 1. The highest BCUT2D eigenvalue weighted by molar-refractivity contribution is 7.11. The predicted octanol–water partition coefficient (Wildman–Crippen LogP) is 2.30. The van der Waals surface area contributed by atoms with Crippen LogP contribution >= 0.6 is 11.3 Å². The summed E-state index contributed by atoms with van der Waals surface area (Å²) in [6.07, 6.45) is 2.77. The maximum Gasteiger partial charge on any atom is 0.191 e. The van der Waals surface area contributed by atoms with Gasteiger partial charge in [-0.2, -0.15) is 0 Å². The van der Waals surface area contributed by atoms with E-state index < -0.39 is 0 Å². The van der Waals surface area contributed by atoms with Crippen molar-refractivity contribution in [1.29, 1.82) is 0 Å². The maximum absolute atomic E-state index is 4.75. The number of aliphatic imine (C=N–C) groups is 1. The molecule has 0 amide bonds. The van der Waals surface area contributed by atoms with E-state index in [1.54, 1.807) is 11.3 Å². The Labute approximate surface area is 143 Å². The number of hydrogen-bond donors (Lipinski definition) is 2. The maximum atomic E-state index is 4.75. The lowest BCUT2D eigenvalue weighted by Crippen LogP contribution is -2.46. The normalized spacial score (nSPS) is 25.8. The van der Waals surface area contributed by atoms with Crippen molar-refractivity contribution < 1.29 is 0 Å². The lowest BCUT2D eigenvalue weighted by molar-refractivity contribution is 0.315. The number of aromatic nitrogens is 1. The van der Waals surface area contributed by atoms with E-state index in [1.807, 2.05) is 0 Å². The van der Waals surface area contributed by atoms with Crippen LogP contribution in [0.2, 0.25) is 0 Å². The first kappa shape index (κ1) is 16.7. The van der Waals surface area contributed by atoms with Crippen LogP contribution in [0.1, 0.15) is 42.3 Å². The van der Waals surface area contributed by atoms with Gasteiger partial charge >= 0.3 is 0 Å². The Balaban J connectivity index is 1.60. The summed E-state index contributed by atoms with van der Waals surface area (Å²) in [6, 6.07) is 1.35. The molecular weight excluding hydrogens is 306 g/mol. The van der Waals surface area contributed by atoms with Gasteiger partial charge in [0.25, 0.3) is 0 Å². The van der Waals surface area contributed by atoms with Gasteiger partial charge in [-0.25, -0.2) is 9.98 Å². The van der Waals surface area contributed by atoms with Crippen LogP contribution < -0.4 is 10.6 Å². The number of aryl methyl sites for hydroxylation is 2. The fourth-order valence-corrected chi connectivity index (χ4v) is 4.04. The molecule has 1 saturated carbocycles. The Bertz CT molecular complexity index is 544. The second-order valence-corrected chi connectivity index (χ2v) is 8.15. The Morgan fingerprint density at radius 1 is 1.35 bits per heavy atom. The molecular formula is C17H29N5S. The fourth-order valence-electron chi connectivity index (χ4n) is 3.18. The minimum absolute atomic E-state index is 0.494. The third kappa shape index (κ3) is 4.23. The van der Waals surface area contributed by atoms with Gasteiger partial charge in [-0.05, 0) is 39.5 Å². The lowest BCUT2D eigenvalue weighted by atomic mass is 10.1. The summed E-state index contributed by atoms with van der Waals surface area (Å²) in [5, 5.41) is 8.12. The molecule has 1 aromatic rings. The molecule has 2 heterocycles. The molecule has 1 aliphatic heterocycles. The van der Waals surface area contributed by atoms with Gasteiger partial charge in [0.15, 0.2) is 5.96 Å². The summed E-state index contributed by atoms with van der Waals surface area (Å²) < 4.78 is 0. The third-order valence-electron chi connectivity index (χ3n) is 4.82. The number of nitrogens with zero attached hydrogens (tertiary/aromatic N) is 3. The molecule has 0 radical (unpaired) electrons. The van der Waals surface area contributed by atoms with Gasteiger partial charge in [0.1, 0.15) is 5.01 Å². The molecule has 1 saturated heterocycles. The standard InChI is InChI=1S/C17H29N5S/c1-5-18-17(19-8-16-20-12(3)13(4)23-16)21-15-10-22(9-11(15)2)14-6-7-14/h11,14-15H,5-10H2,1-4H3,(H2,18,19,21). The Morgan fingerprint density at radius 3 is 2.74 bits per heavy atom. The second-order valence-electron chi connectivity index (χ2n) is 6.86. The van der Waals surface area contributed by atoms with Gasteiger partial charge < -0.3 is 10.6 Å². The molecule has 23 heavy (non-hydrogen) atoms. The SMILES string of the molecule is CCNC(=NCc1nc(C)c(C)s1)NC1CN(C2CC2)CC1C. The molecule has 2 atom stereocenters. The highest BCUT2D eigenvalue weighted by Crippen LogP contribution is 2.31. The van der Waals surface area contributed by atoms with Crippen LogP contribution in [0.5, 0.6) is 0 Å². The van der Waals surface area contributed by atoms with Crippen molar-refractivity contribution in [2.24, 2.45) is 10.9 Å². The van der Waals surface area contributed by atoms with Gasteiger partial charge in [-0.1, -0.05) is 6.92 Å². The molecule has 0 bridgehead atoms. The number of hydrogen-bond acceptors (Lipinski definition) is 4. The van der Waals surface area contributed by atoms with Crippen molar-refractivity contribution in [3.63, 3.8) is 0 Å². The first-order chi connectivity index (χ1) is 11.1. The number of rotatable bonds is 5. The molecule has 2 N–H and O–H groups in total. The van der Waals surface area contributed by atoms with Gasteiger partial charge in [-0.3, -0.25) is 4.90 Å². The zero-order chi connectivity index (χ0) is 16.4. The first-order valence-electron chi connectivity index (χ1n) is 8.78. The molecule has 3 rings (SSSR count). The molecule has 0 aromatic carbocycles. The molecule has 2 unspecified atom stereocenters. The topological polar surface area (TPSA) is 52.6 Å².